The van der Waals surface area contributed by atoms with Crippen molar-refractivity contribution in [2.24, 2.45) is 0 Å². The average molecular weight is 234 g/mol. The summed E-state index contributed by atoms with van der Waals surface area (Å²) in [4.78, 5) is 0. The van der Waals surface area contributed by atoms with Crippen molar-refractivity contribution in [2.45, 2.75) is 0 Å². The number of para-hydroxylation sites is 1. The van der Waals surface area contributed by atoms with Crippen LogP contribution in [-0.2, 0) is 0 Å². The number of aromatic nitrogens is 1. The van der Waals surface area contributed by atoms with Gasteiger partial charge in [-0.2, -0.15) is 0 Å². The molecule has 0 bridgehead atoms. The summed E-state index contributed by atoms with van der Waals surface area (Å²) in [7, 11) is 0. The van der Waals surface area contributed by atoms with Crippen molar-refractivity contribution >= 4 is 5.69 Å². The molecule has 0 aliphatic carbocycles. The molecule has 1 N–H and O–H groups in total. The van der Waals surface area contributed by atoms with Crippen LogP contribution in [0.2, 0.25) is 0 Å². The van der Waals surface area contributed by atoms with Gasteiger partial charge in [0.25, 0.3) is 0 Å². The van der Waals surface area contributed by atoms with E-state index < -0.39 is 0 Å². The zero-order valence-corrected chi connectivity index (χ0v) is 9.95. The van der Waals surface area contributed by atoms with Crippen LogP contribution in [0, 0.1) is 0 Å². The lowest BCUT2D eigenvalue weighted by molar-refractivity contribution is 0.980. The molecule has 0 atom stereocenters. The average Bonchev–Trinajstić information content (AvgIpc) is 2.89. The fourth-order valence-electron chi connectivity index (χ4n) is 1.97. The molecule has 2 aromatic carbocycles. The molecule has 0 aliphatic rings. The molecular formula is C16H14N2. The van der Waals surface area contributed by atoms with Gasteiger partial charge < -0.3 is 0 Å². The van der Waals surface area contributed by atoms with Gasteiger partial charge in [-0.05, 0) is 24.3 Å². The van der Waals surface area contributed by atoms with E-state index in [2.05, 4.69) is 47.9 Å². The first-order chi connectivity index (χ1) is 8.93. The van der Waals surface area contributed by atoms with Gasteiger partial charge in [-0.1, -0.05) is 48.5 Å². The lowest BCUT2D eigenvalue weighted by Crippen LogP contribution is -2.08. The fourth-order valence-corrected chi connectivity index (χ4v) is 1.97. The van der Waals surface area contributed by atoms with Gasteiger partial charge in [0.05, 0.1) is 11.4 Å². The van der Waals surface area contributed by atoms with Gasteiger partial charge in [-0.25, -0.2) is 0 Å². The molecule has 0 spiro atoms. The molecule has 3 aromatic rings. The van der Waals surface area contributed by atoms with Gasteiger partial charge in [0, 0.05) is 11.8 Å². The third-order valence-corrected chi connectivity index (χ3v) is 2.84. The molecule has 0 saturated heterocycles. The molecule has 0 radical (unpaired) electrons. The normalized spacial score (nSPS) is 10.2. The lowest BCUT2D eigenvalue weighted by Gasteiger charge is -2.12. The Morgan fingerprint density at radius 1 is 0.667 bits per heavy atom. The molecule has 88 valence electrons. The quantitative estimate of drug-likeness (QED) is 0.724. The Kier molecular flexibility index (Phi) is 2.84. The molecule has 2 heteroatoms. The van der Waals surface area contributed by atoms with Crippen LogP contribution in [0.1, 0.15) is 0 Å². The van der Waals surface area contributed by atoms with Gasteiger partial charge in [0.2, 0.25) is 0 Å². The Hall–Kier alpha value is -2.48. The number of nitrogens with zero attached hydrogens (tertiary/aromatic N) is 1. The number of benzene rings is 2. The maximum atomic E-state index is 3.37. The largest absolute Gasteiger partial charge is 0.294 e. The first-order valence-electron chi connectivity index (χ1n) is 5.98. The van der Waals surface area contributed by atoms with Crippen molar-refractivity contribution in [3.63, 3.8) is 0 Å². The number of anilines is 1. The van der Waals surface area contributed by atoms with E-state index in [1.165, 1.54) is 5.56 Å². The zero-order chi connectivity index (χ0) is 12.2. The van der Waals surface area contributed by atoms with Crippen LogP contribution in [0.15, 0.2) is 79.0 Å². The standard InChI is InChI=1S/C16H14N2/c1-3-8-14(9-4-1)16-12-7-13-18(16)17-15-10-5-2-6-11-15/h1-13,17H. The van der Waals surface area contributed by atoms with E-state index in [0.29, 0.717) is 0 Å². The fraction of sp³-hybridized carbons (Fsp3) is 0. The van der Waals surface area contributed by atoms with Gasteiger partial charge in [-0.3, -0.25) is 10.1 Å². The third-order valence-electron chi connectivity index (χ3n) is 2.84. The van der Waals surface area contributed by atoms with E-state index in [9.17, 15) is 0 Å². The molecule has 0 saturated carbocycles. The minimum atomic E-state index is 1.07. The monoisotopic (exact) mass is 234 g/mol. The lowest BCUT2D eigenvalue weighted by atomic mass is 10.2. The summed E-state index contributed by atoms with van der Waals surface area (Å²) in [5.74, 6) is 0. The molecule has 0 amide bonds. The van der Waals surface area contributed by atoms with Crippen LogP contribution in [0.3, 0.4) is 0 Å². The minimum Gasteiger partial charge on any atom is -0.294 e. The maximum absolute atomic E-state index is 3.37. The smallest absolute Gasteiger partial charge is 0.0696 e. The molecule has 1 aromatic heterocycles. The molecule has 0 unspecified atom stereocenters. The van der Waals surface area contributed by atoms with Crippen LogP contribution in [0.4, 0.5) is 5.69 Å². The van der Waals surface area contributed by atoms with Crippen molar-refractivity contribution < 1.29 is 0 Å². The SMILES string of the molecule is c1ccc(Nn2cccc2-c2ccccc2)cc1. The number of nitrogens with one attached hydrogen (secondary N) is 1. The Bertz CT molecular complexity index is 612. The molecule has 1 heterocycles. The highest BCUT2D eigenvalue weighted by molar-refractivity contribution is 5.61. The Morgan fingerprint density at radius 2 is 1.33 bits per heavy atom. The predicted octanol–water partition coefficient (Wildman–Crippen LogP) is 4.03. The molecule has 18 heavy (non-hydrogen) atoms. The van der Waals surface area contributed by atoms with Crippen molar-refractivity contribution in [2.75, 3.05) is 5.43 Å². The van der Waals surface area contributed by atoms with E-state index >= 15 is 0 Å². The summed E-state index contributed by atoms with van der Waals surface area (Å²) < 4.78 is 2.03. The van der Waals surface area contributed by atoms with Crippen LogP contribution in [-0.4, -0.2) is 4.68 Å². The maximum Gasteiger partial charge on any atom is 0.0696 e. The van der Waals surface area contributed by atoms with Crippen LogP contribution in [0.5, 0.6) is 0 Å². The van der Waals surface area contributed by atoms with Crippen molar-refractivity contribution in [1.82, 2.24) is 4.68 Å². The summed E-state index contributed by atoms with van der Waals surface area (Å²) in [6.07, 6.45) is 2.02. The first kappa shape index (κ1) is 10.7. The number of rotatable bonds is 3. The zero-order valence-electron chi connectivity index (χ0n) is 9.95. The highest BCUT2D eigenvalue weighted by Gasteiger charge is 2.02. The number of hydrogen-bond donors (Lipinski definition) is 1. The van der Waals surface area contributed by atoms with Gasteiger partial charge in [0.15, 0.2) is 0 Å². The molecule has 3 rings (SSSR count). The van der Waals surface area contributed by atoms with E-state index in [4.69, 9.17) is 0 Å². The topological polar surface area (TPSA) is 17.0 Å². The second-order valence-electron chi connectivity index (χ2n) is 4.11. The summed E-state index contributed by atoms with van der Waals surface area (Å²) >= 11 is 0. The minimum absolute atomic E-state index is 1.07. The Balaban J connectivity index is 1.93. The van der Waals surface area contributed by atoms with E-state index in [0.717, 1.165) is 11.4 Å². The summed E-state index contributed by atoms with van der Waals surface area (Å²) in [5.41, 5.74) is 6.79. The summed E-state index contributed by atoms with van der Waals surface area (Å²) in [6.45, 7) is 0. The molecular weight excluding hydrogens is 220 g/mol. The highest BCUT2D eigenvalue weighted by atomic mass is 15.4. The highest BCUT2D eigenvalue weighted by Crippen LogP contribution is 2.20. The predicted molar refractivity (Wildman–Crippen MR) is 75.3 cm³/mol. The number of hydrogen-bond acceptors (Lipinski definition) is 1. The van der Waals surface area contributed by atoms with Crippen molar-refractivity contribution in [3.8, 4) is 11.3 Å². The molecule has 2 nitrogen and oxygen atoms in total. The van der Waals surface area contributed by atoms with Crippen LogP contribution >= 0.6 is 0 Å². The van der Waals surface area contributed by atoms with Gasteiger partial charge >= 0.3 is 0 Å². The van der Waals surface area contributed by atoms with Crippen molar-refractivity contribution in [3.05, 3.63) is 79.0 Å². The van der Waals surface area contributed by atoms with E-state index in [-0.39, 0.29) is 0 Å². The Morgan fingerprint density at radius 3 is 2.06 bits per heavy atom. The van der Waals surface area contributed by atoms with E-state index in [1.807, 2.05) is 41.2 Å². The summed E-state index contributed by atoms with van der Waals surface area (Å²) in [6, 6.07) is 24.6. The van der Waals surface area contributed by atoms with Crippen LogP contribution in [0.25, 0.3) is 11.3 Å². The second kappa shape index (κ2) is 4.80. The summed E-state index contributed by atoms with van der Waals surface area (Å²) in [5, 5.41) is 0. The second-order valence-corrected chi connectivity index (χ2v) is 4.11. The third kappa shape index (κ3) is 2.13. The first-order valence-corrected chi connectivity index (χ1v) is 5.98. The molecule has 0 aliphatic heterocycles. The van der Waals surface area contributed by atoms with Gasteiger partial charge in [-0.15, -0.1) is 0 Å². The van der Waals surface area contributed by atoms with Gasteiger partial charge in [0.1, 0.15) is 0 Å². The van der Waals surface area contributed by atoms with Crippen molar-refractivity contribution in [1.29, 1.82) is 0 Å². The molecule has 0 fully saturated rings. The Labute approximate surface area is 106 Å². The van der Waals surface area contributed by atoms with E-state index in [1.54, 1.807) is 0 Å². The van der Waals surface area contributed by atoms with Crippen LogP contribution < -0.4 is 5.43 Å².